The molecule has 0 spiro atoms. The normalized spacial score (nSPS) is 12.0. The number of benzene rings is 4. The molecule has 0 N–H and O–H groups in total. The fourth-order valence-electron chi connectivity index (χ4n) is 4.71. The Morgan fingerprint density at radius 1 is 0.659 bits per heavy atom. The zero-order valence-corrected chi connectivity index (χ0v) is 22.0. The summed E-state index contributed by atoms with van der Waals surface area (Å²) in [4.78, 5) is 0. The molecule has 0 atom stereocenters. The maximum atomic E-state index is 15.2. The molecule has 0 saturated carbocycles. The van der Waals surface area contributed by atoms with Crippen LogP contribution in [0.15, 0.2) is 66.7 Å². The summed E-state index contributed by atoms with van der Waals surface area (Å²) in [6.07, 6.45) is 0.233. The van der Waals surface area contributed by atoms with Crippen LogP contribution in [0.4, 0.5) is 35.1 Å². The van der Waals surface area contributed by atoms with Gasteiger partial charge in [0.05, 0.1) is 0 Å². The maximum absolute atomic E-state index is 15.2. The van der Waals surface area contributed by atoms with Crippen LogP contribution in [-0.2, 0) is 32.1 Å². The summed E-state index contributed by atoms with van der Waals surface area (Å²) in [7, 11) is 0. The van der Waals surface area contributed by atoms with Crippen molar-refractivity contribution >= 4 is 10.8 Å². The van der Waals surface area contributed by atoms with Gasteiger partial charge >= 0.3 is 6.36 Å². The third-order valence-corrected chi connectivity index (χ3v) is 6.76. The van der Waals surface area contributed by atoms with Crippen LogP contribution in [0.5, 0.6) is 5.75 Å². The molecule has 0 heterocycles. The highest BCUT2D eigenvalue weighted by Gasteiger charge is 2.34. The van der Waals surface area contributed by atoms with E-state index in [2.05, 4.69) is 4.74 Å². The molecule has 4 aromatic rings. The first-order valence-electron chi connectivity index (χ1n) is 13.0. The van der Waals surface area contributed by atoms with E-state index in [1.165, 1.54) is 18.2 Å². The molecule has 0 bridgehead atoms. The number of hydrogen-bond acceptors (Lipinski definition) is 1. The molecule has 0 aliphatic carbocycles. The quantitative estimate of drug-likeness (QED) is 0.135. The van der Waals surface area contributed by atoms with E-state index >= 15 is 4.39 Å². The van der Waals surface area contributed by atoms with Gasteiger partial charge in [0.15, 0.2) is 11.6 Å². The van der Waals surface area contributed by atoms with Crippen molar-refractivity contribution in [1.29, 1.82) is 0 Å². The van der Waals surface area contributed by atoms with Crippen molar-refractivity contribution in [2.75, 3.05) is 0 Å². The molecule has 1 nitrogen and oxygen atoms in total. The highest BCUT2D eigenvalue weighted by molar-refractivity contribution is 5.84. The van der Waals surface area contributed by atoms with E-state index in [0.717, 1.165) is 17.7 Å². The highest BCUT2D eigenvalue weighted by Crippen LogP contribution is 2.30. The van der Waals surface area contributed by atoms with Crippen molar-refractivity contribution in [1.82, 2.24) is 0 Å². The molecule has 0 fully saturated rings. The van der Waals surface area contributed by atoms with Gasteiger partial charge in [-0.2, -0.15) is 0 Å². The van der Waals surface area contributed by atoms with Gasteiger partial charge in [-0.05, 0) is 97.4 Å². The van der Waals surface area contributed by atoms with Gasteiger partial charge in [0.25, 0.3) is 0 Å². The molecule has 0 amide bonds. The topological polar surface area (TPSA) is 9.23 Å². The van der Waals surface area contributed by atoms with Crippen molar-refractivity contribution in [3.8, 4) is 5.75 Å². The third kappa shape index (κ3) is 7.65. The number of ether oxygens (including phenoxy) is 1. The number of fused-ring (bicyclic) bond motifs is 1. The molecule has 0 saturated heterocycles. The molecule has 0 aliphatic heterocycles. The molecule has 0 aliphatic rings. The SMILES string of the molecule is C/C=C/CCc1cc(F)c(CCc2ccc3c(F)c(CCc4cc(F)c(OC(F)(F)F)c(F)c4)ccc3c2)c(F)c1. The maximum Gasteiger partial charge on any atom is 0.573 e. The van der Waals surface area contributed by atoms with Gasteiger partial charge in [-0.3, -0.25) is 0 Å². The van der Waals surface area contributed by atoms with Gasteiger partial charge in [0, 0.05) is 10.9 Å². The van der Waals surface area contributed by atoms with Crippen molar-refractivity contribution in [3.05, 3.63) is 124 Å². The van der Waals surface area contributed by atoms with E-state index in [9.17, 15) is 30.7 Å². The average molecular weight is 579 g/mol. The van der Waals surface area contributed by atoms with Crippen molar-refractivity contribution in [2.45, 2.75) is 51.8 Å². The largest absolute Gasteiger partial charge is 0.573 e. The van der Waals surface area contributed by atoms with Crippen molar-refractivity contribution in [3.63, 3.8) is 0 Å². The predicted octanol–water partition coefficient (Wildman–Crippen LogP) is 9.51. The summed E-state index contributed by atoms with van der Waals surface area (Å²) in [5.74, 6) is -6.31. The highest BCUT2D eigenvalue weighted by atomic mass is 19.4. The van der Waals surface area contributed by atoms with Gasteiger partial charge in [0.1, 0.15) is 17.5 Å². The number of halogens is 8. The minimum Gasteiger partial charge on any atom is -0.399 e. The Labute approximate surface area is 232 Å². The lowest BCUT2D eigenvalue weighted by molar-refractivity contribution is -0.276. The van der Waals surface area contributed by atoms with Gasteiger partial charge < -0.3 is 4.74 Å². The summed E-state index contributed by atoms with van der Waals surface area (Å²) in [6, 6.07) is 12.3. The van der Waals surface area contributed by atoms with Gasteiger partial charge in [-0.15, -0.1) is 13.2 Å². The van der Waals surface area contributed by atoms with E-state index in [4.69, 9.17) is 0 Å². The lowest BCUT2D eigenvalue weighted by Gasteiger charge is -2.12. The molecular weight excluding hydrogens is 552 g/mol. The van der Waals surface area contributed by atoms with E-state index in [0.29, 0.717) is 35.6 Å². The second-order valence-electron chi connectivity index (χ2n) is 9.68. The fraction of sp³-hybridized carbons (Fsp3) is 0.250. The Morgan fingerprint density at radius 2 is 1.27 bits per heavy atom. The molecule has 9 heteroatoms. The average Bonchev–Trinajstić information content (AvgIpc) is 2.89. The summed E-state index contributed by atoms with van der Waals surface area (Å²) >= 11 is 0. The minimum absolute atomic E-state index is 0.00714. The van der Waals surface area contributed by atoms with Crippen LogP contribution in [0, 0.1) is 29.1 Å². The predicted molar refractivity (Wildman–Crippen MR) is 141 cm³/mol. The molecule has 4 rings (SSSR count). The zero-order chi connectivity index (χ0) is 29.7. The van der Waals surface area contributed by atoms with Gasteiger partial charge in [-0.25, -0.2) is 22.0 Å². The molecule has 0 radical (unpaired) electrons. The van der Waals surface area contributed by atoms with Crippen LogP contribution in [0.25, 0.3) is 10.8 Å². The van der Waals surface area contributed by atoms with Crippen LogP contribution >= 0.6 is 0 Å². The number of allylic oxidation sites excluding steroid dienone is 2. The number of aryl methyl sites for hydroxylation is 4. The monoisotopic (exact) mass is 578 g/mol. The summed E-state index contributed by atoms with van der Waals surface area (Å²) in [6.45, 7) is 1.88. The Balaban J connectivity index is 1.44. The molecule has 0 aromatic heterocycles. The summed E-state index contributed by atoms with van der Waals surface area (Å²) in [5, 5.41) is 0.857. The fourth-order valence-corrected chi connectivity index (χ4v) is 4.71. The van der Waals surface area contributed by atoms with Crippen molar-refractivity contribution in [2.24, 2.45) is 0 Å². The summed E-state index contributed by atoms with van der Waals surface area (Å²) < 4.78 is 113. The second kappa shape index (κ2) is 12.7. The van der Waals surface area contributed by atoms with Gasteiger partial charge in [-0.1, -0.05) is 42.5 Å². The van der Waals surface area contributed by atoms with E-state index in [-0.39, 0.29) is 36.0 Å². The number of alkyl halides is 3. The first-order chi connectivity index (χ1) is 19.4. The van der Waals surface area contributed by atoms with Crippen LogP contribution < -0.4 is 4.74 Å². The smallest absolute Gasteiger partial charge is 0.399 e. The zero-order valence-electron chi connectivity index (χ0n) is 22.0. The Bertz CT molecular complexity index is 1530. The first-order valence-corrected chi connectivity index (χ1v) is 13.0. The third-order valence-electron chi connectivity index (χ3n) is 6.76. The number of hydrogen-bond donors (Lipinski definition) is 0. The Kier molecular flexibility index (Phi) is 9.35. The van der Waals surface area contributed by atoms with Crippen LogP contribution in [-0.4, -0.2) is 6.36 Å². The van der Waals surface area contributed by atoms with Crippen LogP contribution in [0.1, 0.15) is 41.2 Å². The number of rotatable bonds is 10. The standard InChI is InChI=1S/C32H26F8O/c1-2-3-4-5-20-15-26(33)25(27(34)16-20)13-8-19-7-12-24-23(14-19)11-10-22(30(24)37)9-6-21-17-28(35)31(29(36)18-21)41-32(38,39)40/h2-3,7,10-12,14-18H,4-6,8-9,13H2,1H3/b3-2+. The van der Waals surface area contributed by atoms with Gasteiger partial charge in [0.2, 0.25) is 5.75 Å². The molecular formula is C32H26F8O. The van der Waals surface area contributed by atoms with Crippen LogP contribution in [0.3, 0.4) is 0 Å². The second-order valence-corrected chi connectivity index (χ2v) is 9.68. The van der Waals surface area contributed by atoms with E-state index in [1.54, 1.807) is 24.3 Å². The van der Waals surface area contributed by atoms with Crippen LogP contribution in [0.2, 0.25) is 0 Å². The summed E-state index contributed by atoms with van der Waals surface area (Å²) in [5.41, 5.74) is 1.62. The molecule has 4 aromatic carbocycles. The van der Waals surface area contributed by atoms with E-state index < -0.39 is 41.2 Å². The van der Waals surface area contributed by atoms with Crippen molar-refractivity contribution < 1.29 is 39.9 Å². The Morgan fingerprint density at radius 3 is 1.90 bits per heavy atom. The lowest BCUT2D eigenvalue weighted by atomic mass is 9.96. The first kappa shape index (κ1) is 30.1. The van der Waals surface area contributed by atoms with E-state index in [1.807, 2.05) is 19.1 Å². The molecule has 0 unspecified atom stereocenters. The minimum atomic E-state index is -5.25. The molecule has 216 valence electrons. The Hall–Kier alpha value is -3.88. The molecule has 41 heavy (non-hydrogen) atoms. The lowest BCUT2D eigenvalue weighted by Crippen LogP contribution is -2.19.